The SMILES string of the molecule is CCN1CC2(COC(=O)c3ccccc3N3C(=O)CCC3=O)CCC(OC)C34C5CC6C(OC)CC(O)(C5C6OC)C(O)(C(OC)C23)C14.[O-][Cl+3]([O-])([O-])O. The number of aliphatic hydroxyl groups is 2. The summed E-state index contributed by atoms with van der Waals surface area (Å²) >= 11 is 0. The Bertz CT molecular complexity index is 1610. The number of likely N-dealkylation sites (N-methyl/N-ethyl adjacent to an activating group) is 1. The predicted octanol–water partition coefficient (Wildman–Crippen LogP) is -2.33. The van der Waals surface area contributed by atoms with Crippen molar-refractivity contribution in [3.63, 3.8) is 0 Å². The Balaban J connectivity index is 0.000000817. The van der Waals surface area contributed by atoms with Crippen molar-refractivity contribution in [2.45, 2.75) is 87.1 Å². The molecule has 2 amide bonds. The first-order valence-corrected chi connectivity index (χ1v) is 19.4. The number of imide groups is 1. The molecular weight excluding hydrogens is 720 g/mol. The number of hydrogen-bond acceptors (Lipinski definition) is 15. The van der Waals surface area contributed by atoms with Crippen molar-refractivity contribution in [2.24, 2.45) is 34.5 Å². The van der Waals surface area contributed by atoms with Gasteiger partial charge in [0, 0.05) is 82.8 Å². The van der Waals surface area contributed by atoms with Gasteiger partial charge in [-0.05, 0) is 43.9 Å². The second-order valence-corrected chi connectivity index (χ2v) is 16.6. The number of esters is 1. The largest absolute Gasteiger partial charge is 0.461 e. The normalized spacial score (nSPS) is 43.8. The van der Waals surface area contributed by atoms with Crippen LogP contribution in [0.4, 0.5) is 5.69 Å². The van der Waals surface area contributed by atoms with Crippen LogP contribution in [0, 0.1) is 44.7 Å². The second kappa shape index (κ2) is 13.4. The lowest BCUT2D eigenvalue weighted by atomic mass is 9.42. The monoisotopic (exact) mass is 768 g/mol. The third kappa shape index (κ3) is 5.25. The van der Waals surface area contributed by atoms with E-state index in [0.717, 1.165) is 11.3 Å². The van der Waals surface area contributed by atoms with E-state index in [9.17, 15) is 24.6 Å². The van der Waals surface area contributed by atoms with Crippen LogP contribution in [-0.4, -0.2) is 127 Å². The molecule has 17 heteroatoms. The van der Waals surface area contributed by atoms with Crippen LogP contribution in [0.1, 0.15) is 55.8 Å². The smallest absolute Gasteiger partial charge is 0.340 e. The standard InChI is InChI=1S/C36H48N2O10.ClHO4/c1-6-37-17-33(18-48-31(41)19-9-7-8-10-22(19)38-25(39)11-12-26(38)40)14-13-24(45-3)35-21-15-20-23(44-2)16-34(42,27(21)28(20)46-4)36(43,32(35)37)30(47-5)29(33)35;2-1(3,4)5/h7-10,20-21,23-24,27-30,32,42-43H,6,11-18H2,1-5H3;(H,2,3,4,5). The molecule has 0 aromatic heterocycles. The van der Waals surface area contributed by atoms with Crippen molar-refractivity contribution < 1.29 is 77.2 Å². The number of likely N-dealkylation sites (tertiary alicyclic amines) is 1. The molecule has 1 aromatic rings. The molecule has 3 N–H and O–H groups in total. The summed E-state index contributed by atoms with van der Waals surface area (Å²) in [7, 11) is 2.00. The van der Waals surface area contributed by atoms with Gasteiger partial charge in [-0.3, -0.25) is 14.5 Å². The molecule has 7 fully saturated rings. The minimum absolute atomic E-state index is 0.0394. The maximum atomic E-state index is 14.0. The van der Waals surface area contributed by atoms with Crippen molar-refractivity contribution >= 4 is 23.5 Å². The zero-order valence-electron chi connectivity index (χ0n) is 30.5. The Hall–Kier alpha value is -2.32. The topological polar surface area (TPSA) is 234 Å². The van der Waals surface area contributed by atoms with Gasteiger partial charge in [-0.2, -0.15) is 14.0 Å². The van der Waals surface area contributed by atoms with E-state index in [1.807, 2.05) is 0 Å². The molecule has 53 heavy (non-hydrogen) atoms. The molecule has 0 radical (unpaired) electrons. The van der Waals surface area contributed by atoms with E-state index in [1.165, 1.54) is 0 Å². The number of benzene rings is 1. The number of rotatable bonds is 9. The first-order chi connectivity index (χ1) is 25.0. The molecule has 2 saturated heterocycles. The molecule has 1 spiro atoms. The Labute approximate surface area is 309 Å². The summed E-state index contributed by atoms with van der Waals surface area (Å²) < 4.78 is 64.0. The van der Waals surface area contributed by atoms with Gasteiger partial charge in [0.05, 0.1) is 63.2 Å². The van der Waals surface area contributed by atoms with Gasteiger partial charge in [-0.15, -0.1) is 0 Å². The Morgan fingerprint density at radius 1 is 1.00 bits per heavy atom. The van der Waals surface area contributed by atoms with Crippen LogP contribution < -0.4 is 18.9 Å². The molecule has 13 unspecified atom stereocenters. The van der Waals surface area contributed by atoms with Crippen molar-refractivity contribution in [2.75, 3.05) is 53.0 Å². The number of amides is 2. The summed E-state index contributed by atoms with van der Waals surface area (Å²) in [6.45, 7) is 3.24. The molecule has 16 nitrogen and oxygen atoms in total. The number of fused-ring (bicyclic) bond motifs is 2. The number of methoxy groups -OCH3 is 4. The fraction of sp³-hybridized carbons (Fsp3) is 0.750. The quantitative estimate of drug-likeness (QED) is 0.177. The molecule has 8 rings (SSSR count). The van der Waals surface area contributed by atoms with Gasteiger partial charge >= 0.3 is 5.97 Å². The van der Waals surface area contributed by atoms with Crippen LogP contribution in [0.2, 0.25) is 0 Å². The molecule has 5 aliphatic carbocycles. The minimum Gasteiger partial charge on any atom is -0.461 e. The lowest BCUT2D eigenvalue weighted by Gasteiger charge is -2.70. The highest BCUT2D eigenvalue weighted by Gasteiger charge is 2.91. The van der Waals surface area contributed by atoms with Gasteiger partial charge in [-0.1, -0.05) is 19.1 Å². The lowest BCUT2D eigenvalue weighted by molar-refractivity contribution is -1.92. The molecule has 2 aliphatic heterocycles. The molecule has 7 aliphatic rings. The number of nitrogens with zero attached hydrogens (tertiary/aromatic N) is 2. The summed E-state index contributed by atoms with van der Waals surface area (Å²) in [5, 5.41) is 26.5. The molecule has 7 bridgehead atoms. The van der Waals surface area contributed by atoms with Gasteiger partial charge in [0.15, 0.2) is 0 Å². The molecular formula is C36H49ClN2O14. The second-order valence-electron chi connectivity index (χ2n) is 15.8. The predicted molar refractivity (Wildman–Crippen MR) is 172 cm³/mol. The summed E-state index contributed by atoms with van der Waals surface area (Å²) in [6.07, 6.45) is 0.951. The van der Waals surface area contributed by atoms with Crippen LogP contribution in [-0.2, 0) is 33.3 Å². The molecule has 1 aromatic carbocycles. The summed E-state index contributed by atoms with van der Waals surface area (Å²) in [5.74, 6) is -2.00. The van der Waals surface area contributed by atoms with Crippen LogP contribution >= 0.6 is 0 Å². The average molecular weight is 769 g/mol. The third-order valence-electron chi connectivity index (χ3n) is 14.2. The van der Waals surface area contributed by atoms with Gasteiger partial charge in [0.25, 0.3) is 0 Å². The minimum atomic E-state index is -4.69. The summed E-state index contributed by atoms with van der Waals surface area (Å²) in [4.78, 5) is 42.6. The first kappa shape index (κ1) is 38.9. The number of carbonyl (C=O) groups is 3. The molecule has 13 atom stereocenters. The van der Waals surface area contributed by atoms with Crippen molar-refractivity contribution in [3.8, 4) is 0 Å². The maximum Gasteiger partial charge on any atom is 0.340 e. The molecule has 5 saturated carbocycles. The number of halogens is 1. The number of anilines is 1. The van der Waals surface area contributed by atoms with Crippen molar-refractivity contribution in [1.29, 1.82) is 0 Å². The van der Waals surface area contributed by atoms with Gasteiger partial charge in [0.1, 0.15) is 11.2 Å². The van der Waals surface area contributed by atoms with Crippen LogP contribution in [0.3, 0.4) is 0 Å². The third-order valence-corrected chi connectivity index (χ3v) is 14.2. The van der Waals surface area contributed by atoms with E-state index in [0.29, 0.717) is 25.9 Å². The Kier molecular flexibility index (Phi) is 9.85. The van der Waals surface area contributed by atoms with E-state index in [2.05, 4.69) is 11.8 Å². The van der Waals surface area contributed by atoms with E-state index in [4.69, 9.17) is 42.3 Å². The Morgan fingerprint density at radius 3 is 2.25 bits per heavy atom. The highest BCUT2D eigenvalue weighted by molar-refractivity contribution is 6.21. The lowest BCUT2D eigenvalue weighted by Crippen LogP contribution is -2.82. The summed E-state index contributed by atoms with van der Waals surface area (Å²) in [5.41, 5.74) is -4.15. The fourth-order valence-corrected chi connectivity index (χ4v) is 13.0. The van der Waals surface area contributed by atoms with E-state index in [1.54, 1.807) is 52.7 Å². The van der Waals surface area contributed by atoms with E-state index < -0.39 is 50.4 Å². The van der Waals surface area contributed by atoms with E-state index >= 15 is 0 Å². The van der Waals surface area contributed by atoms with Gasteiger partial charge in [-0.25, -0.2) is 9.69 Å². The zero-order valence-corrected chi connectivity index (χ0v) is 31.2. The van der Waals surface area contributed by atoms with Crippen LogP contribution in [0.15, 0.2) is 24.3 Å². The van der Waals surface area contributed by atoms with E-state index in [-0.39, 0.29) is 90.9 Å². The van der Waals surface area contributed by atoms with Crippen molar-refractivity contribution in [3.05, 3.63) is 29.8 Å². The van der Waals surface area contributed by atoms with Crippen LogP contribution in [0.25, 0.3) is 0 Å². The highest BCUT2D eigenvalue weighted by atomic mass is 35.7. The number of para-hydroxylation sites is 1. The Morgan fingerprint density at radius 2 is 1.66 bits per heavy atom. The maximum absolute atomic E-state index is 14.0. The van der Waals surface area contributed by atoms with Gasteiger partial charge < -0.3 is 33.9 Å². The highest BCUT2D eigenvalue weighted by Crippen LogP contribution is 2.80. The molecule has 294 valence electrons. The summed E-state index contributed by atoms with van der Waals surface area (Å²) in [6, 6.07) is 6.11. The van der Waals surface area contributed by atoms with Gasteiger partial charge in [0.2, 0.25) is 11.8 Å². The number of hydrogen-bond donors (Lipinski definition) is 3. The first-order valence-electron chi connectivity index (χ1n) is 18.1. The zero-order chi connectivity index (χ0) is 38.5. The van der Waals surface area contributed by atoms with Crippen LogP contribution in [0.5, 0.6) is 0 Å². The molecule has 2 heterocycles. The average Bonchev–Trinajstić information content (AvgIpc) is 3.69. The number of piperidine rings is 1. The number of carbonyl (C=O) groups excluding carboxylic acids is 3. The fourth-order valence-electron chi connectivity index (χ4n) is 13.0. The van der Waals surface area contributed by atoms with Crippen molar-refractivity contribution in [1.82, 2.24) is 4.90 Å². The number of ether oxygens (including phenoxy) is 5.